The predicted molar refractivity (Wildman–Crippen MR) is 92.9 cm³/mol. The van der Waals surface area contributed by atoms with Crippen LogP contribution in [0.5, 0.6) is 0 Å². The second-order valence-electron chi connectivity index (χ2n) is 6.25. The van der Waals surface area contributed by atoms with Gasteiger partial charge in [-0.05, 0) is 23.6 Å². The van der Waals surface area contributed by atoms with E-state index in [0.29, 0.717) is 18.1 Å². The summed E-state index contributed by atoms with van der Waals surface area (Å²) >= 11 is 0. The van der Waals surface area contributed by atoms with Crippen molar-refractivity contribution in [1.82, 2.24) is 0 Å². The largest absolute Gasteiger partial charge is 0.378 e. The Hall–Kier alpha value is -2.09. The number of nitrogens with one attached hydrogen (secondary N) is 1. The Kier molecular flexibility index (Phi) is 5.76. The molecule has 2 aromatic carbocycles. The highest BCUT2D eigenvalue weighted by atomic mass is 16.1. The quantitative estimate of drug-likeness (QED) is 0.770. The number of benzene rings is 2. The maximum atomic E-state index is 12.5. The lowest BCUT2D eigenvalue weighted by molar-refractivity contribution is -0.123. The van der Waals surface area contributed by atoms with Crippen molar-refractivity contribution in [2.45, 2.75) is 33.2 Å². The van der Waals surface area contributed by atoms with Crippen LogP contribution in [-0.4, -0.2) is 5.78 Å². The minimum absolute atomic E-state index is 0.00477. The Labute approximate surface area is 133 Å². The first kappa shape index (κ1) is 16.3. The fourth-order valence-electron chi connectivity index (χ4n) is 2.65. The van der Waals surface area contributed by atoms with E-state index in [1.54, 1.807) is 0 Å². The van der Waals surface area contributed by atoms with Crippen LogP contribution < -0.4 is 5.32 Å². The third kappa shape index (κ3) is 4.45. The van der Waals surface area contributed by atoms with Gasteiger partial charge >= 0.3 is 0 Å². The molecule has 0 saturated heterocycles. The van der Waals surface area contributed by atoms with E-state index in [1.807, 2.05) is 55.5 Å². The van der Waals surface area contributed by atoms with Gasteiger partial charge in [0, 0.05) is 18.0 Å². The first-order valence-electron chi connectivity index (χ1n) is 7.97. The van der Waals surface area contributed by atoms with Crippen molar-refractivity contribution >= 4 is 11.5 Å². The van der Waals surface area contributed by atoms with Crippen molar-refractivity contribution in [3.63, 3.8) is 0 Å². The molecule has 116 valence electrons. The molecule has 0 bridgehead atoms. The molecule has 2 nitrogen and oxygen atoms in total. The van der Waals surface area contributed by atoms with Crippen LogP contribution in [0, 0.1) is 11.8 Å². The molecule has 0 aliphatic heterocycles. The van der Waals surface area contributed by atoms with Crippen LogP contribution in [0.1, 0.15) is 38.8 Å². The molecule has 1 N–H and O–H groups in total. The van der Waals surface area contributed by atoms with Gasteiger partial charge in [0.2, 0.25) is 0 Å². The third-order valence-electron chi connectivity index (χ3n) is 3.87. The van der Waals surface area contributed by atoms with Gasteiger partial charge in [-0.3, -0.25) is 4.79 Å². The molecular weight excluding hydrogens is 270 g/mol. The Balaban J connectivity index is 2.23. The summed E-state index contributed by atoms with van der Waals surface area (Å²) in [6.45, 7) is 6.21. The Morgan fingerprint density at radius 1 is 0.909 bits per heavy atom. The lowest BCUT2D eigenvalue weighted by Gasteiger charge is -2.26. The zero-order valence-corrected chi connectivity index (χ0v) is 13.6. The number of carbonyl (C=O) groups is 1. The topological polar surface area (TPSA) is 29.1 Å². The molecule has 0 aliphatic rings. The molecule has 2 aromatic rings. The summed E-state index contributed by atoms with van der Waals surface area (Å²) < 4.78 is 0. The second kappa shape index (κ2) is 7.79. The number of para-hydroxylation sites is 1. The second-order valence-corrected chi connectivity index (χ2v) is 6.25. The molecule has 2 atom stereocenters. The average Bonchev–Trinajstić information content (AvgIpc) is 2.53. The molecule has 0 radical (unpaired) electrons. The van der Waals surface area contributed by atoms with E-state index in [0.717, 1.165) is 11.3 Å². The molecule has 0 heterocycles. The number of Topliss-reactive ketones (excluding diaryl/α,β-unsaturated/α-hetero) is 1. The monoisotopic (exact) mass is 295 g/mol. The van der Waals surface area contributed by atoms with Crippen molar-refractivity contribution in [2.24, 2.45) is 11.8 Å². The van der Waals surface area contributed by atoms with Gasteiger partial charge < -0.3 is 5.32 Å². The lowest BCUT2D eigenvalue weighted by Crippen LogP contribution is -2.26. The number of hydrogen-bond acceptors (Lipinski definition) is 2. The number of hydrogen-bond donors (Lipinski definition) is 1. The fourth-order valence-corrected chi connectivity index (χ4v) is 2.65. The van der Waals surface area contributed by atoms with Gasteiger partial charge in [-0.2, -0.15) is 0 Å². The van der Waals surface area contributed by atoms with Gasteiger partial charge in [0.05, 0.1) is 6.04 Å². The summed E-state index contributed by atoms with van der Waals surface area (Å²) in [5.41, 5.74) is 2.19. The molecule has 0 unspecified atom stereocenters. The molecule has 0 spiro atoms. The van der Waals surface area contributed by atoms with E-state index in [-0.39, 0.29) is 12.0 Å². The Morgan fingerprint density at radius 3 is 2.00 bits per heavy atom. The van der Waals surface area contributed by atoms with Crippen LogP contribution >= 0.6 is 0 Å². The summed E-state index contributed by atoms with van der Waals surface area (Å²) in [7, 11) is 0. The number of ketones is 1. The number of carbonyl (C=O) groups excluding carboxylic acids is 1. The van der Waals surface area contributed by atoms with E-state index in [9.17, 15) is 4.79 Å². The van der Waals surface area contributed by atoms with Crippen LogP contribution in [0.25, 0.3) is 0 Å². The molecule has 0 saturated carbocycles. The van der Waals surface area contributed by atoms with Gasteiger partial charge in [0.1, 0.15) is 5.78 Å². The van der Waals surface area contributed by atoms with E-state index in [4.69, 9.17) is 0 Å². The molecule has 0 fully saturated rings. The zero-order chi connectivity index (χ0) is 15.9. The standard InChI is InChI=1S/C20H25NO/c1-15(2)14-19(22)16(3)20(17-10-6-4-7-11-17)21-18-12-8-5-9-13-18/h4-13,15-16,20-21H,14H2,1-3H3/t16-,20-/m0/s1. The molecule has 0 aliphatic carbocycles. The van der Waals surface area contributed by atoms with Gasteiger partial charge in [0.25, 0.3) is 0 Å². The van der Waals surface area contributed by atoms with Crippen LogP contribution in [0.3, 0.4) is 0 Å². The van der Waals surface area contributed by atoms with Crippen molar-refractivity contribution in [3.05, 3.63) is 66.2 Å². The summed E-state index contributed by atoms with van der Waals surface area (Å²) in [4.78, 5) is 12.5. The maximum Gasteiger partial charge on any atom is 0.138 e. The van der Waals surface area contributed by atoms with Crippen molar-refractivity contribution in [1.29, 1.82) is 0 Å². The minimum Gasteiger partial charge on any atom is -0.378 e. The predicted octanol–water partition coefficient (Wildman–Crippen LogP) is 5.09. The van der Waals surface area contributed by atoms with E-state index >= 15 is 0 Å². The normalized spacial score (nSPS) is 13.6. The highest BCUT2D eigenvalue weighted by Gasteiger charge is 2.25. The van der Waals surface area contributed by atoms with Gasteiger partial charge in [0.15, 0.2) is 0 Å². The van der Waals surface area contributed by atoms with E-state index < -0.39 is 0 Å². The van der Waals surface area contributed by atoms with Gasteiger partial charge in [-0.15, -0.1) is 0 Å². The van der Waals surface area contributed by atoms with Crippen LogP contribution in [0.15, 0.2) is 60.7 Å². The molecule has 0 aromatic heterocycles. The number of anilines is 1. The number of rotatable bonds is 7. The van der Waals surface area contributed by atoms with E-state index in [1.165, 1.54) is 0 Å². The molecule has 2 rings (SSSR count). The highest BCUT2D eigenvalue weighted by molar-refractivity contribution is 5.82. The van der Waals surface area contributed by atoms with Crippen molar-refractivity contribution < 1.29 is 4.79 Å². The molecule has 2 heteroatoms. The summed E-state index contributed by atoms with van der Waals surface area (Å²) in [5.74, 6) is 0.639. The smallest absolute Gasteiger partial charge is 0.138 e. The van der Waals surface area contributed by atoms with Crippen LogP contribution in [0.4, 0.5) is 5.69 Å². The highest BCUT2D eigenvalue weighted by Crippen LogP contribution is 2.28. The SMILES string of the molecule is CC(C)CC(=O)[C@H](C)[C@H](Nc1ccccc1)c1ccccc1. The van der Waals surface area contributed by atoms with Crippen LogP contribution in [-0.2, 0) is 4.79 Å². The maximum absolute atomic E-state index is 12.5. The van der Waals surface area contributed by atoms with Crippen LogP contribution in [0.2, 0.25) is 0 Å². The molecule has 22 heavy (non-hydrogen) atoms. The summed E-state index contributed by atoms with van der Waals surface area (Å²) in [5, 5.41) is 3.53. The third-order valence-corrected chi connectivity index (χ3v) is 3.87. The summed E-state index contributed by atoms with van der Waals surface area (Å²) in [6.07, 6.45) is 0.626. The fraction of sp³-hybridized carbons (Fsp3) is 0.350. The van der Waals surface area contributed by atoms with Gasteiger partial charge in [-0.1, -0.05) is 69.3 Å². The first-order valence-corrected chi connectivity index (χ1v) is 7.97. The zero-order valence-electron chi connectivity index (χ0n) is 13.6. The average molecular weight is 295 g/mol. The lowest BCUT2D eigenvalue weighted by atomic mass is 9.87. The molecule has 0 amide bonds. The van der Waals surface area contributed by atoms with Crippen molar-refractivity contribution in [3.8, 4) is 0 Å². The van der Waals surface area contributed by atoms with Gasteiger partial charge in [-0.25, -0.2) is 0 Å². The minimum atomic E-state index is -0.0648. The van der Waals surface area contributed by atoms with Crippen molar-refractivity contribution in [2.75, 3.05) is 5.32 Å². The molecular formula is C20H25NO. The first-order chi connectivity index (χ1) is 10.6. The van der Waals surface area contributed by atoms with E-state index in [2.05, 4.69) is 31.3 Å². The Morgan fingerprint density at radius 2 is 1.45 bits per heavy atom. The summed E-state index contributed by atoms with van der Waals surface area (Å²) in [6, 6.07) is 20.3. The Bertz CT molecular complexity index is 577.